The van der Waals surface area contributed by atoms with Gasteiger partial charge in [-0.2, -0.15) is 0 Å². The molecule has 0 saturated carbocycles. The number of ether oxygens (including phenoxy) is 2. The average molecular weight is 381 g/mol. The molecule has 0 radical (unpaired) electrons. The van der Waals surface area contributed by atoms with Crippen molar-refractivity contribution in [1.82, 2.24) is 4.98 Å². The molecule has 2 aromatic carbocycles. The van der Waals surface area contributed by atoms with Crippen LogP contribution >= 0.6 is 11.6 Å². The maximum absolute atomic E-state index is 12.6. The van der Waals surface area contributed by atoms with Gasteiger partial charge in [-0.05, 0) is 66.6 Å². The van der Waals surface area contributed by atoms with Gasteiger partial charge in [-0.1, -0.05) is 11.6 Å². The van der Waals surface area contributed by atoms with Gasteiger partial charge in [0.25, 0.3) is 0 Å². The number of nitrogens with zero attached hydrogens (tertiary/aromatic N) is 1. The predicted octanol–water partition coefficient (Wildman–Crippen LogP) is 4.72. The summed E-state index contributed by atoms with van der Waals surface area (Å²) < 4.78 is 11.4. The van der Waals surface area contributed by atoms with Crippen molar-refractivity contribution in [3.05, 3.63) is 77.6 Å². The fraction of sp³-hybridized carbons (Fsp3) is 0.143. The fourth-order valence-corrected chi connectivity index (χ4v) is 3.12. The molecule has 0 fully saturated rings. The number of amides is 1. The standard InChI is InChI=1S/C21H17ClN2O3/c22-16-1-6-20-14(12-16)11-15(13-26-20)21(25)24-17-2-4-18(5-3-17)27-19-7-9-23-10-8-19/h1-10,12,15H,11,13H2,(H,24,25). The van der Waals surface area contributed by atoms with Crippen LogP contribution in [0.1, 0.15) is 5.56 Å². The van der Waals surface area contributed by atoms with Crippen molar-refractivity contribution in [3.63, 3.8) is 0 Å². The van der Waals surface area contributed by atoms with E-state index in [1.165, 1.54) is 0 Å². The Morgan fingerprint density at radius 3 is 2.59 bits per heavy atom. The molecule has 1 aliphatic heterocycles. The summed E-state index contributed by atoms with van der Waals surface area (Å²) >= 11 is 6.04. The highest BCUT2D eigenvalue weighted by molar-refractivity contribution is 6.30. The third-order valence-corrected chi connectivity index (χ3v) is 4.54. The quantitative estimate of drug-likeness (QED) is 0.711. The van der Waals surface area contributed by atoms with Gasteiger partial charge in [-0.25, -0.2) is 0 Å². The van der Waals surface area contributed by atoms with Crippen LogP contribution in [-0.2, 0) is 11.2 Å². The van der Waals surface area contributed by atoms with Crippen LogP contribution in [0.3, 0.4) is 0 Å². The van der Waals surface area contributed by atoms with E-state index in [1.807, 2.05) is 36.4 Å². The van der Waals surface area contributed by atoms with E-state index in [0.29, 0.717) is 35.2 Å². The fourth-order valence-electron chi connectivity index (χ4n) is 2.92. The number of carbonyl (C=O) groups excluding carboxylic acids is 1. The van der Waals surface area contributed by atoms with Gasteiger partial charge in [0.05, 0.1) is 5.92 Å². The third-order valence-electron chi connectivity index (χ3n) is 4.31. The van der Waals surface area contributed by atoms with Gasteiger partial charge < -0.3 is 14.8 Å². The van der Waals surface area contributed by atoms with Crippen LogP contribution in [0.4, 0.5) is 5.69 Å². The van der Waals surface area contributed by atoms with Crippen molar-refractivity contribution < 1.29 is 14.3 Å². The number of hydrogen-bond donors (Lipinski definition) is 1. The first kappa shape index (κ1) is 17.4. The number of nitrogens with one attached hydrogen (secondary N) is 1. The van der Waals surface area contributed by atoms with Crippen molar-refractivity contribution in [2.24, 2.45) is 5.92 Å². The zero-order valence-electron chi connectivity index (χ0n) is 14.4. The van der Waals surface area contributed by atoms with Gasteiger partial charge in [0.1, 0.15) is 23.9 Å². The molecule has 0 aliphatic carbocycles. The molecule has 1 aromatic heterocycles. The average Bonchev–Trinajstić information content (AvgIpc) is 2.69. The highest BCUT2D eigenvalue weighted by Gasteiger charge is 2.26. The van der Waals surface area contributed by atoms with Crippen LogP contribution < -0.4 is 14.8 Å². The Labute approximate surface area is 161 Å². The van der Waals surface area contributed by atoms with Gasteiger partial charge in [-0.15, -0.1) is 0 Å². The lowest BCUT2D eigenvalue weighted by atomic mass is 9.96. The molecule has 2 heterocycles. The van der Waals surface area contributed by atoms with Crippen LogP contribution in [0, 0.1) is 5.92 Å². The molecule has 1 N–H and O–H groups in total. The largest absolute Gasteiger partial charge is 0.492 e. The zero-order chi connectivity index (χ0) is 18.6. The van der Waals surface area contributed by atoms with Crippen LogP contribution in [0.25, 0.3) is 0 Å². The lowest BCUT2D eigenvalue weighted by Crippen LogP contribution is -2.32. The molecule has 5 nitrogen and oxygen atoms in total. The highest BCUT2D eigenvalue weighted by atomic mass is 35.5. The van der Waals surface area contributed by atoms with Gasteiger partial charge in [0, 0.05) is 23.1 Å². The second kappa shape index (κ2) is 7.68. The van der Waals surface area contributed by atoms with Crippen molar-refractivity contribution in [1.29, 1.82) is 0 Å². The van der Waals surface area contributed by atoms with Gasteiger partial charge in [-0.3, -0.25) is 9.78 Å². The smallest absolute Gasteiger partial charge is 0.231 e. The Kier molecular flexibility index (Phi) is 4.94. The lowest BCUT2D eigenvalue weighted by Gasteiger charge is -2.24. The summed E-state index contributed by atoms with van der Waals surface area (Å²) in [6.07, 6.45) is 3.94. The van der Waals surface area contributed by atoms with Crippen LogP contribution in [-0.4, -0.2) is 17.5 Å². The predicted molar refractivity (Wildman–Crippen MR) is 104 cm³/mol. The first-order chi connectivity index (χ1) is 13.2. The minimum atomic E-state index is -0.260. The summed E-state index contributed by atoms with van der Waals surface area (Å²) in [5, 5.41) is 3.57. The molecule has 1 aliphatic rings. The monoisotopic (exact) mass is 380 g/mol. The lowest BCUT2D eigenvalue weighted by molar-refractivity contribution is -0.121. The van der Waals surface area contributed by atoms with E-state index in [1.54, 1.807) is 30.6 Å². The number of aromatic nitrogens is 1. The van der Waals surface area contributed by atoms with Gasteiger partial charge in [0.15, 0.2) is 0 Å². The van der Waals surface area contributed by atoms with E-state index < -0.39 is 0 Å². The Bertz CT molecular complexity index is 945. The van der Waals surface area contributed by atoms with Crippen LogP contribution in [0.2, 0.25) is 5.02 Å². The molecule has 27 heavy (non-hydrogen) atoms. The molecule has 0 saturated heterocycles. The highest BCUT2D eigenvalue weighted by Crippen LogP contribution is 2.30. The number of benzene rings is 2. The topological polar surface area (TPSA) is 60.5 Å². The number of fused-ring (bicyclic) bond motifs is 1. The number of rotatable bonds is 4. The molecule has 3 aromatic rings. The Morgan fingerprint density at radius 2 is 1.81 bits per heavy atom. The second-order valence-electron chi connectivity index (χ2n) is 6.26. The summed E-state index contributed by atoms with van der Waals surface area (Å²) in [5.41, 5.74) is 1.66. The minimum absolute atomic E-state index is 0.0802. The zero-order valence-corrected chi connectivity index (χ0v) is 15.1. The minimum Gasteiger partial charge on any atom is -0.492 e. The molecule has 0 spiro atoms. The molecule has 136 valence electrons. The summed E-state index contributed by atoms with van der Waals surface area (Å²) in [4.78, 5) is 16.5. The number of carbonyl (C=O) groups is 1. The van der Waals surface area contributed by atoms with E-state index in [0.717, 1.165) is 11.3 Å². The van der Waals surface area contributed by atoms with Gasteiger partial charge >= 0.3 is 0 Å². The number of halogens is 1. The first-order valence-electron chi connectivity index (χ1n) is 8.57. The van der Waals surface area contributed by atoms with E-state index in [9.17, 15) is 4.79 Å². The maximum atomic E-state index is 12.6. The molecular weight excluding hydrogens is 364 g/mol. The van der Waals surface area contributed by atoms with Crippen molar-refractivity contribution in [2.75, 3.05) is 11.9 Å². The molecule has 6 heteroatoms. The van der Waals surface area contributed by atoms with E-state index in [4.69, 9.17) is 21.1 Å². The summed E-state index contributed by atoms with van der Waals surface area (Å²) in [5.74, 6) is 1.84. The molecule has 1 amide bonds. The van der Waals surface area contributed by atoms with Crippen LogP contribution in [0.5, 0.6) is 17.2 Å². The second-order valence-corrected chi connectivity index (χ2v) is 6.70. The Hall–Kier alpha value is -3.05. The number of hydrogen-bond acceptors (Lipinski definition) is 4. The number of pyridine rings is 1. The SMILES string of the molecule is O=C(Nc1ccc(Oc2ccncc2)cc1)C1COc2ccc(Cl)cc2C1. The summed E-state index contributed by atoms with van der Waals surface area (Å²) in [6, 6.07) is 16.3. The molecule has 4 rings (SSSR count). The molecule has 1 unspecified atom stereocenters. The van der Waals surface area contributed by atoms with Crippen molar-refractivity contribution in [2.45, 2.75) is 6.42 Å². The van der Waals surface area contributed by atoms with Crippen molar-refractivity contribution in [3.8, 4) is 17.2 Å². The Morgan fingerprint density at radius 1 is 1.07 bits per heavy atom. The maximum Gasteiger partial charge on any atom is 0.231 e. The van der Waals surface area contributed by atoms with E-state index in [2.05, 4.69) is 10.3 Å². The normalized spacial score (nSPS) is 15.4. The summed E-state index contributed by atoms with van der Waals surface area (Å²) in [7, 11) is 0. The molecule has 1 atom stereocenters. The third kappa shape index (κ3) is 4.20. The summed E-state index contributed by atoms with van der Waals surface area (Å²) in [6.45, 7) is 0.351. The van der Waals surface area contributed by atoms with E-state index >= 15 is 0 Å². The van der Waals surface area contributed by atoms with Gasteiger partial charge in [0.2, 0.25) is 5.91 Å². The van der Waals surface area contributed by atoms with E-state index in [-0.39, 0.29) is 11.8 Å². The molecule has 0 bridgehead atoms. The molecular formula is C21H17ClN2O3. The van der Waals surface area contributed by atoms with Crippen LogP contribution in [0.15, 0.2) is 67.0 Å². The van der Waals surface area contributed by atoms with Crippen molar-refractivity contribution >= 4 is 23.2 Å². The number of anilines is 1. The first-order valence-corrected chi connectivity index (χ1v) is 8.95. The Balaban J connectivity index is 1.38.